The van der Waals surface area contributed by atoms with E-state index in [1.165, 1.54) is 0 Å². The SMILES string of the molecule is CCC(N)Cc1cc(C)nc(-c2ccc(Cl)cn2)n1. The molecule has 0 saturated carbocycles. The molecule has 2 aromatic rings. The van der Waals surface area contributed by atoms with E-state index in [0.717, 1.165) is 29.9 Å². The summed E-state index contributed by atoms with van der Waals surface area (Å²) in [6, 6.07) is 5.70. The average Bonchev–Trinajstić information content (AvgIpc) is 2.38. The molecule has 0 spiro atoms. The van der Waals surface area contributed by atoms with Crippen LogP contribution >= 0.6 is 11.6 Å². The highest BCUT2D eigenvalue weighted by Gasteiger charge is 2.09. The van der Waals surface area contributed by atoms with Crippen LogP contribution in [0.2, 0.25) is 5.02 Å². The molecule has 0 aliphatic carbocycles. The third-order valence-corrected chi connectivity index (χ3v) is 3.08. The summed E-state index contributed by atoms with van der Waals surface area (Å²) in [4.78, 5) is 13.2. The lowest BCUT2D eigenvalue weighted by Crippen LogP contribution is -2.22. The third kappa shape index (κ3) is 3.72. The second-order valence-corrected chi connectivity index (χ2v) is 4.99. The van der Waals surface area contributed by atoms with Crippen LogP contribution in [0.1, 0.15) is 24.7 Å². The van der Waals surface area contributed by atoms with E-state index in [-0.39, 0.29) is 6.04 Å². The summed E-state index contributed by atoms with van der Waals surface area (Å²) in [7, 11) is 0. The van der Waals surface area contributed by atoms with Crippen LogP contribution < -0.4 is 5.73 Å². The van der Waals surface area contributed by atoms with Crippen molar-refractivity contribution in [1.82, 2.24) is 15.0 Å². The minimum atomic E-state index is 0.125. The molecule has 100 valence electrons. The molecule has 0 amide bonds. The predicted octanol–water partition coefficient (Wildman–Crippen LogP) is 2.78. The molecule has 1 unspecified atom stereocenters. The Morgan fingerprint density at radius 2 is 2.11 bits per heavy atom. The minimum absolute atomic E-state index is 0.125. The summed E-state index contributed by atoms with van der Waals surface area (Å²) in [6.07, 6.45) is 3.28. The summed E-state index contributed by atoms with van der Waals surface area (Å²) < 4.78 is 0. The molecule has 0 aromatic carbocycles. The monoisotopic (exact) mass is 276 g/mol. The lowest BCUT2D eigenvalue weighted by Gasteiger charge is -2.10. The summed E-state index contributed by atoms with van der Waals surface area (Å²) >= 11 is 5.83. The molecule has 2 heterocycles. The first-order valence-electron chi connectivity index (χ1n) is 6.30. The van der Waals surface area contributed by atoms with E-state index < -0.39 is 0 Å². The van der Waals surface area contributed by atoms with E-state index in [9.17, 15) is 0 Å². The van der Waals surface area contributed by atoms with E-state index in [0.29, 0.717) is 10.8 Å². The van der Waals surface area contributed by atoms with Gasteiger partial charge in [0.25, 0.3) is 0 Å². The topological polar surface area (TPSA) is 64.7 Å². The number of pyridine rings is 1. The number of nitrogens with zero attached hydrogens (tertiary/aromatic N) is 3. The van der Waals surface area contributed by atoms with Gasteiger partial charge in [0.1, 0.15) is 5.69 Å². The van der Waals surface area contributed by atoms with Crippen molar-refractivity contribution in [3.63, 3.8) is 0 Å². The highest BCUT2D eigenvalue weighted by molar-refractivity contribution is 6.30. The fraction of sp³-hybridized carbons (Fsp3) is 0.357. The maximum absolute atomic E-state index is 5.97. The molecular weight excluding hydrogens is 260 g/mol. The van der Waals surface area contributed by atoms with E-state index in [1.807, 2.05) is 19.1 Å². The standard InChI is InChI=1S/C14H17ClN4/c1-3-11(16)7-12-6-9(2)18-14(19-12)13-5-4-10(15)8-17-13/h4-6,8,11H,3,7,16H2,1-2H3. The molecule has 2 rings (SSSR count). The molecule has 0 fully saturated rings. The second-order valence-electron chi connectivity index (χ2n) is 4.56. The number of hydrogen-bond donors (Lipinski definition) is 1. The van der Waals surface area contributed by atoms with Crippen LogP contribution in [0.3, 0.4) is 0 Å². The Bertz CT molecular complexity index is 554. The first-order valence-corrected chi connectivity index (χ1v) is 6.68. The number of halogens is 1. The van der Waals surface area contributed by atoms with Gasteiger partial charge in [-0.2, -0.15) is 0 Å². The zero-order chi connectivity index (χ0) is 13.8. The zero-order valence-electron chi connectivity index (χ0n) is 11.1. The predicted molar refractivity (Wildman–Crippen MR) is 77.0 cm³/mol. The summed E-state index contributed by atoms with van der Waals surface area (Å²) in [6.45, 7) is 4.02. The maximum atomic E-state index is 5.97. The molecule has 0 bridgehead atoms. The van der Waals surface area contributed by atoms with Gasteiger partial charge >= 0.3 is 0 Å². The lowest BCUT2D eigenvalue weighted by atomic mass is 10.1. The molecule has 0 aliphatic heterocycles. The quantitative estimate of drug-likeness (QED) is 0.933. The smallest absolute Gasteiger partial charge is 0.178 e. The van der Waals surface area contributed by atoms with Crippen LogP contribution in [-0.4, -0.2) is 21.0 Å². The number of nitrogens with two attached hydrogens (primary N) is 1. The summed E-state index contributed by atoms with van der Waals surface area (Å²) in [5, 5.41) is 0.602. The van der Waals surface area contributed by atoms with E-state index in [4.69, 9.17) is 17.3 Å². The highest BCUT2D eigenvalue weighted by atomic mass is 35.5. The van der Waals surface area contributed by atoms with Gasteiger partial charge < -0.3 is 5.73 Å². The van der Waals surface area contributed by atoms with Gasteiger partial charge in [-0.25, -0.2) is 9.97 Å². The third-order valence-electron chi connectivity index (χ3n) is 2.86. The molecule has 19 heavy (non-hydrogen) atoms. The number of aryl methyl sites for hydroxylation is 1. The van der Waals surface area contributed by atoms with Crippen LogP contribution in [0.4, 0.5) is 0 Å². The Balaban J connectivity index is 2.33. The van der Waals surface area contributed by atoms with Gasteiger partial charge in [-0.15, -0.1) is 0 Å². The van der Waals surface area contributed by atoms with Crippen molar-refractivity contribution >= 4 is 11.6 Å². The average molecular weight is 277 g/mol. The Morgan fingerprint density at radius 1 is 1.32 bits per heavy atom. The molecule has 5 heteroatoms. The molecule has 0 aliphatic rings. The molecule has 0 saturated heterocycles. The Labute approximate surface area is 118 Å². The molecule has 2 N–H and O–H groups in total. The molecule has 0 radical (unpaired) electrons. The Hall–Kier alpha value is -1.52. The van der Waals surface area contributed by atoms with E-state index in [1.54, 1.807) is 12.3 Å². The van der Waals surface area contributed by atoms with Gasteiger partial charge in [0.05, 0.1) is 5.02 Å². The van der Waals surface area contributed by atoms with Crippen LogP contribution in [-0.2, 0) is 6.42 Å². The summed E-state index contributed by atoms with van der Waals surface area (Å²) in [5.74, 6) is 0.620. The molecule has 4 nitrogen and oxygen atoms in total. The van der Waals surface area contributed by atoms with Gasteiger partial charge in [0, 0.05) is 30.0 Å². The first kappa shape index (κ1) is 13.9. The van der Waals surface area contributed by atoms with Crippen molar-refractivity contribution in [3.05, 3.63) is 40.8 Å². The maximum Gasteiger partial charge on any atom is 0.178 e. The zero-order valence-corrected chi connectivity index (χ0v) is 11.9. The number of rotatable bonds is 4. The van der Waals surface area contributed by atoms with Gasteiger partial charge in [0.15, 0.2) is 5.82 Å². The van der Waals surface area contributed by atoms with Gasteiger partial charge in [-0.05, 0) is 31.5 Å². The highest BCUT2D eigenvalue weighted by Crippen LogP contribution is 2.16. The Morgan fingerprint density at radius 3 is 2.74 bits per heavy atom. The molecule has 2 aromatic heterocycles. The fourth-order valence-electron chi connectivity index (χ4n) is 1.77. The van der Waals surface area contributed by atoms with Crippen molar-refractivity contribution in [2.75, 3.05) is 0 Å². The van der Waals surface area contributed by atoms with Crippen molar-refractivity contribution in [1.29, 1.82) is 0 Å². The first-order chi connectivity index (χ1) is 9.08. The number of hydrogen-bond acceptors (Lipinski definition) is 4. The Kier molecular flexibility index (Phi) is 4.45. The van der Waals surface area contributed by atoms with Crippen molar-refractivity contribution in [2.45, 2.75) is 32.7 Å². The van der Waals surface area contributed by atoms with E-state index >= 15 is 0 Å². The van der Waals surface area contributed by atoms with Gasteiger partial charge in [0.2, 0.25) is 0 Å². The van der Waals surface area contributed by atoms with Crippen LogP contribution in [0.15, 0.2) is 24.4 Å². The second kappa shape index (κ2) is 6.08. The van der Waals surface area contributed by atoms with Gasteiger partial charge in [-0.3, -0.25) is 4.98 Å². The largest absolute Gasteiger partial charge is 0.327 e. The van der Waals surface area contributed by atoms with Crippen molar-refractivity contribution in [2.24, 2.45) is 5.73 Å². The van der Waals surface area contributed by atoms with Crippen LogP contribution in [0, 0.1) is 6.92 Å². The minimum Gasteiger partial charge on any atom is -0.327 e. The van der Waals surface area contributed by atoms with E-state index in [2.05, 4.69) is 21.9 Å². The van der Waals surface area contributed by atoms with Crippen LogP contribution in [0.25, 0.3) is 11.5 Å². The molecular formula is C14H17ClN4. The fourth-order valence-corrected chi connectivity index (χ4v) is 1.89. The van der Waals surface area contributed by atoms with Crippen LogP contribution in [0.5, 0.6) is 0 Å². The van der Waals surface area contributed by atoms with Crippen molar-refractivity contribution < 1.29 is 0 Å². The van der Waals surface area contributed by atoms with Gasteiger partial charge in [-0.1, -0.05) is 18.5 Å². The normalized spacial score (nSPS) is 12.4. The number of aromatic nitrogens is 3. The van der Waals surface area contributed by atoms with Crippen molar-refractivity contribution in [3.8, 4) is 11.5 Å². The lowest BCUT2D eigenvalue weighted by molar-refractivity contribution is 0.635. The molecule has 1 atom stereocenters. The summed E-state index contributed by atoms with van der Waals surface area (Å²) in [5.41, 5.74) is 8.56.